The first kappa shape index (κ1) is 19.5. The van der Waals surface area contributed by atoms with Crippen molar-refractivity contribution in [1.82, 2.24) is 14.5 Å². The number of aromatic nitrogens is 3. The van der Waals surface area contributed by atoms with E-state index in [1.54, 1.807) is 35.8 Å². The van der Waals surface area contributed by atoms with Gasteiger partial charge >= 0.3 is 0 Å². The topological polar surface area (TPSA) is 51.0 Å². The maximum atomic E-state index is 13.4. The predicted octanol–water partition coefficient (Wildman–Crippen LogP) is 4.62. The molecule has 0 aliphatic rings. The molecular weight excluding hydrogens is 379 g/mol. The molecule has 2 aromatic carbocycles. The number of hydrogen-bond acceptors (Lipinski definition) is 3. The Morgan fingerprint density at radius 1 is 0.967 bits per heavy atom. The van der Waals surface area contributed by atoms with E-state index in [1.807, 2.05) is 54.0 Å². The van der Waals surface area contributed by atoms with E-state index in [4.69, 9.17) is 0 Å². The summed E-state index contributed by atoms with van der Waals surface area (Å²) in [5, 5.41) is 0. The largest absolute Gasteiger partial charge is 0.332 e. The van der Waals surface area contributed by atoms with Crippen LogP contribution in [0.25, 0.3) is 0 Å². The molecule has 0 aliphatic carbocycles. The number of hydrogen-bond donors (Lipinski definition) is 0. The summed E-state index contributed by atoms with van der Waals surface area (Å²) in [6.45, 7) is 2.84. The van der Waals surface area contributed by atoms with Crippen molar-refractivity contribution in [2.45, 2.75) is 20.0 Å². The van der Waals surface area contributed by atoms with Gasteiger partial charge in [-0.15, -0.1) is 0 Å². The maximum Gasteiger partial charge on any atom is 0.278 e. The van der Waals surface area contributed by atoms with Gasteiger partial charge in [-0.05, 0) is 48.4 Å². The van der Waals surface area contributed by atoms with Gasteiger partial charge in [0.05, 0.1) is 12.9 Å². The van der Waals surface area contributed by atoms with E-state index in [1.165, 1.54) is 12.1 Å². The molecule has 4 rings (SSSR count). The maximum absolute atomic E-state index is 13.4. The fourth-order valence-corrected chi connectivity index (χ4v) is 3.17. The molecular formula is C24H21FN4O. The second kappa shape index (κ2) is 8.69. The molecule has 2 heterocycles. The summed E-state index contributed by atoms with van der Waals surface area (Å²) >= 11 is 0. The molecule has 2 aromatic heterocycles. The highest BCUT2D eigenvalue weighted by atomic mass is 19.1. The second-order valence-corrected chi connectivity index (χ2v) is 7.09. The molecule has 6 heteroatoms. The number of aryl methyl sites for hydroxylation is 1. The SMILES string of the molecule is Cc1ccc(CN(C(=O)c2cn(Cc3ccccc3)cn2)c2ccc(F)cc2)cn1. The molecule has 0 saturated carbocycles. The van der Waals surface area contributed by atoms with Crippen molar-refractivity contribution in [3.05, 3.63) is 114 Å². The average molecular weight is 400 g/mol. The van der Waals surface area contributed by atoms with Crippen LogP contribution < -0.4 is 4.90 Å². The van der Waals surface area contributed by atoms with E-state index in [0.717, 1.165) is 16.8 Å². The first-order valence-electron chi connectivity index (χ1n) is 9.63. The van der Waals surface area contributed by atoms with E-state index in [2.05, 4.69) is 9.97 Å². The number of imidazole rings is 1. The molecule has 0 N–H and O–H groups in total. The van der Waals surface area contributed by atoms with Crippen LogP contribution in [0.2, 0.25) is 0 Å². The van der Waals surface area contributed by atoms with E-state index >= 15 is 0 Å². The Morgan fingerprint density at radius 3 is 2.43 bits per heavy atom. The molecule has 0 atom stereocenters. The standard InChI is InChI=1S/C24H21FN4O/c1-18-7-8-20(13-26-18)15-29(22-11-9-21(25)10-12-22)24(30)23-16-28(17-27-23)14-19-5-3-2-4-6-19/h2-13,16-17H,14-15H2,1H3. The summed E-state index contributed by atoms with van der Waals surface area (Å²) in [5.41, 5.74) is 3.82. The third-order valence-electron chi connectivity index (χ3n) is 4.76. The first-order valence-corrected chi connectivity index (χ1v) is 9.63. The Morgan fingerprint density at radius 2 is 1.73 bits per heavy atom. The zero-order chi connectivity index (χ0) is 20.9. The number of amides is 1. The van der Waals surface area contributed by atoms with Crippen LogP contribution in [-0.4, -0.2) is 20.4 Å². The minimum atomic E-state index is -0.352. The van der Waals surface area contributed by atoms with Gasteiger partial charge in [-0.1, -0.05) is 36.4 Å². The molecule has 0 saturated heterocycles. The van der Waals surface area contributed by atoms with Crippen LogP contribution in [-0.2, 0) is 13.1 Å². The summed E-state index contributed by atoms with van der Waals surface area (Å²) in [6, 6.07) is 19.7. The van der Waals surface area contributed by atoms with Crippen molar-refractivity contribution in [2.75, 3.05) is 4.90 Å². The number of carbonyl (C=O) groups is 1. The number of nitrogens with zero attached hydrogens (tertiary/aromatic N) is 4. The zero-order valence-corrected chi connectivity index (χ0v) is 16.6. The lowest BCUT2D eigenvalue weighted by molar-refractivity contribution is 0.0980. The highest BCUT2D eigenvalue weighted by Crippen LogP contribution is 2.20. The number of rotatable bonds is 6. The minimum absolute atomic E-state index is 0.256. The normalized spacial score (nSPS) is 10.7. The van der Waals surface area contributed by atoms with Gasteiger partial charge in [-0.25, -0.2) is 9.37 Å². The molecule has 0 radical (unpaired) electrons. The summed E-state index contributed by atoms with van der Waals surface area (Å²) in [5.74, 6) is -0.607. The Labute approximate surface area is 174 Å². The van der Waals surface area contributed by atoms with Gasteiger partial charge in [0.25, 0.3) is 5.91 Å². The van der Waals surface area contributed by atoms with Crippen molar-refractivity contribution in [3.8, 4) is 0 Å². The molecule has 30 heavy (non-hydrogen) atoms. The molecule has 0 bridgehead atoms. The number of carbonyl (C=O) groups excluding carboxylic acids is 1. The lowest BCUT2D eigenvalue weighted by Crippen LogP contribution is -2.30. The quantitative estimate of drug-likeness (QED) is 0.475. The van der Waals surface area contributed by atoms with Gasteiger partial charge in [-0.2, -0.15) is 0 Å². The third kappa shape index (κ3) is 4.60. The van der Waals surface area contributed by atoms with E-state index < -0.39 is 0 Å². The Balaban J connectivity index is 1.60. The smallest absolute Gasteiger partial charge is 0.278 e. The van der Waals surface area contributed by atoms with Crippen LogP contribution in [0.3, 0.4) is 0 Å². The number of halogens is 1. The molecule has 5 nitrogen and oxygen atoms in total. The zero-order valence-electron chi connectivity index (χ0n) is 16.6. The van der Waals surface area contributed by atoms with Gasteiger partial charge < -0.3 is 9.47 Å². The van der Waals surface area contributed by atoms with Crippen LogP contribution in [0.15, 0.2) is 85.5 Å². The molecule has 0 fully saturated rings. The second-order valence-electron chi connectivity index (χ2n) is 7.09. The van der Waals surface area contributed by atoms with Gasteiger partial charge in [0.15, 0.2) is 0 Å². The van der Waals surface area contributed by atoms with Crippen molar-refractivity contribution in [3.63, 3.8) is 0 Å². The summed E-state index contributed by atoms with van der Waals surface area (Å²) < 4.78 is 15.3. The lowest BCUT2D eigenvalue weighted by Gasteiger charge is -2.22. The van der Waals surface area contributed by atoms with Crippen LogP contribution in [0.1, 0.15) is 27.3 Å². The molecule has 0 spiro atoms. The van der Waals surface area contributed by atoms with Crippen molar-refractivity contribution < 1.29 is 9.18 Å². The van der Waals surface area contributed by atoms with Crippen LogP contribution in [0.4, 0.5) is 10.1 Å². The highest BCUT2D eigenvalue weighted by Gasteiger charge is 2.21. The number of anilines is 1. The van der Waals surface area contributed by atoms with Gasteiger partial charge in [0.2, 0.25) is 0 Å². The molecule has 0 unspecified atom stereocenters. The van der Waals surface area contributed by atoms with Crippen LogP contribution in [0.5, 0.6) is 0 Å². The predicted molar refractivity (Wildman–Crippen MR) is 114 cm³/mol. The summed E-state index contributed by atoms with van der Waals surface area (Å²) in [7, 11) is 0. The first-order chi connectivity index (χ1) is 14.6. The van der Waals surface area contributed by atoms with Crippen LogP contribution in [0, 0.1) is 12.7 Å². The average Bonchev–Trinajstić information content (AvgIpc) is 3.23. The molecule has 0 aliphatic heterocycles. The van der Waals surface area contributed by atoms with E-state index in [9.17, 15) is 9.18 Å². The Hall–Kier alpha value is -3.80. The fourth-order valence-electron chi connectivity index (χ4n) is 3.17. The third-order valence-corrected chi connectivity index (χ3v) is 4.76. The van der Waals surface area contributed by atoms with Crippen molar-refractivity contribution >= 4 is 11.6 Å². The monoisotopic (exact) mass is 400 g/mol. The molecule has 150 valence electrons. The number of pyridine rings is 1. The molecule has 1 amide bonds. The van der Waals surface area contributed by atoms with Gasteiger partial charge in [0.1, 0.15) is 11.5 Å². The van der Waals surface area contributed by atoms with E-state index in [0.29, 0.717) is 24.5 Å². The minimum Gasteiger partial charge on any atom is -0.332 e. The Bertz CT molecular complexity index is 1120. The van der Waals surface area contributed by atoms with E-state index in [-0.39, 0.29) is 11.7 Å². The summed E-state index contributed by atoms with van der Waals surface area (Å²) in [6.07, 6.45) is 5.13. The van der Waals surface area contributed by atoms with Gasteiger partial charge in [-0.3, -0.25) is 9.78 Å². The molecule has 4 aromatic rings. The Kier molecular flexibility index (Phi) is 5.66. The van der Waals surface area contributed by atoms with Crippen LogP contribution >= 0.6 is 0 Å². The van der Waals surface area contributed by atoms with Gasteiger partial charge in [0, 0.05) is 30.3 Å². The number of benzene rings is 2. The summed E-state index contributed by atoms with van der Waals surface area (Å²) in [4.78, 5) is 23.5. The fraction of sp³-hybridized carbons (Fsp3) is 0.125. The van der Waals surface area contributed by atoms with Crippen molar-refractivity contribution in [2.24, 2.45) is 0 Å². The van der Waals surface area contributed by atoms with Crippen molar-refractivity contribution in [1.29, 1.82) is 0 Å². The highest BCUT2D eigenvalue weighted by molar-refractivity contribution is 6.04. The lowest BCUT2D eigenvalue weighted by atomic mass is 10.2.